The molecule has 3 rings (SSSR count). The lowest BCUT2D eigenvalue weighted by atomic mass is 10.1. The number of allylic oxidation sites excluding steroid dienone is 1. The number of rotatable bonds is 5. The van der Waals surface area contributed by atoms with Gasteiger partial charge in [0.15, 0.2) is 5.76 Å². The highest BCUT2D eigenvalue weighted by atomic mass is 79.9. The summed E-state index contributed by atoms with van der Waals surface area (Å²) in [5, 5.41) is 0. The Morgan fingerprint density at radius 1 is 1.17 bits per heavy atom. The zero-order chi connectivity index (χ0) is 16.2. The van der Waals surface area contributed by atoms with Gasteiger partial charge in [0.2, 0.25) is 5.78 Å². The van der Waals surface area contributed by atoms with Gasteiger partial charge in [-0.15, -0.1) is 0 Å². The van der Waals surface area contributed by atoms with Crippen LogP contribution in [0, 0.1) is 0 Å². The minimum Gasteiger partial charge on any atom is -0.494 e. The molecule has 118 valence electrons. The van der Waals surface area contributed by atoms with Crippen molar-refractivity contribution in [2.75, 3.05) is 6.61 Å². The van der Waals surface area contributed by atoms with E-state index < -0.39 is 0 Å². The van der Waals surface area contributed by atoms with Gasteiger partial charge in [0.05, 0.1) is 12.2 Å². The first kappa shape index (κ1) is 15.8. The standard InChI is InChI=1S/C19H17BrO3/c1-2-3-10-22-15-7-4-13(5-8-15)11-18-19(21)16-12-14(20)6-9-17(16)23-18/h4-9,11-12H,2-3,10H2,1H3/b18-11-. The van der Waals surface area contributed by atoms with Crippen molar-refractivity contribution in [2.45, 2.75) is 19.8 Å². The molecule has 0 atom stereocenters. The first-order valence-electron chi connectivity index (χ1n) is 7.64. The van der Waals surface area contributed by atoms with E-state index in [-0.39, 0.29) is 5.78 Å². The molecule has 0 N–H and O–H groups in total. The number of ketones is 1. The van der Waals surface area contributed by atoms with Crippen LogP contribution in [-0.4, -0.2) is 12.4 Å². The third-order valence-corrected chi connectivity index (χ3v) is 4.07. The maximum atomic E-state index is 12.4. The first-order chi connectivity index (χ1) is 11.2. The van der Waals surface area contributed by atoms with E-state index in [0.717, 1.165) is 35.2 Å². The molecule has 0 aliphatic carbocycles. The van der Waals surface area contributed by atoms with Crippen molar-refractivity contribution < 1.29 is 14.3 Å². The molecule has 0 saturated carbocycles. The summed E-state index contributed by atoms with van der Waals surface area (Å²) in [6.07, 6.45) is 3.91. The molecule has 1 heterocycles. The Kier molecular flexibility index (Phi) is 4.82. The summed E-state index contributed by atoms with van der Waals surface area (Å²) in [5.74, 6) is 1.69. The topological polar surface area (TPSA) is 35.5 Å². The summed E-state index contributed by atoms with van der Waals surface area (Å²) >= 11 is 3.37. The van der Waals surface area contributed by atoms with Crippen LogP contribution in [0.1, 0.15) is 35.7 Å². The summed E-state index contributed by atoms with van der Waals surface area (Å²) in [5.41, 5.74) is 1.49. The quantitative estimate of drug-likeness (QED) is 0.531. The molecule has 23 heavy (non-hydrogen) atoms. The van der Waals surface area contributed by atoms with Gasteiger partial charge < -0.3 is 9.47 Å². The molecule has 0 radical (unpaired) electrons. The second-order valence-corrected chi connectivity index (χ2v) is 6.27. The molecule has 0 amide bonds. The van der Waals surface area contributed by atoms with Gasteiger partial charge in [-0.05, 0) is 48.4 Å². The maximum Gasteiger partial charge on any atom is 0.232 e. The number of hydrogen-bond acceptors (Lipinski definition) is 3. The van der Waals surface area contributed by atoms with Crippen molar-refractivity contribution in [2.24, 2.45) is 0 Å². The summed E-state index contributed by atoms with van der Waals surface area (Å²) < 4.78 is 12.1. The minimum atomic E-state index is -0.0930. The van der Waals surface area contributed by atoms with Crippen LogP contribution in [-0.2, 0) is 0 Å². The van der Waals surface area contributed by atoms with Crippen LogP contribution >= 0.6 is 15.9 Å². The Morgan fingerprint density at radius 2 is 1.96 bits per heavy atom. The van der Waals surface area contributed by atoms with Crippen molar-refractivity contribution in [3.63, 3.8) is 0 Å². The number of ether oxygens (including phenoxy) is 2. The fourth-order valence-corrected chi connectivity index (χ4v) is 2.67. The van der Waals surface area contributed by atoms with Gasteiger partial charge in [-0.25, -0.2) is 0 Å². The van der Waals surface area contributed by atoms with E-state index in [1.54, 1.807) is 18.2 Å². The van der Waals surface area contributed by atoms with Gasteiger partial charge in [-0.3, -0.25) is 4.79 Å². The summed E-state index contributed by atoms with van der Waals surface area (Å²) in [6.45, 7) is 2.86. The van der Waals surface area contributed by atoms with Gasteiger partial charge in [-0.2, -0.15) is 0 Å². The highest BCUT2D eigenvalue weighted by molar-refractivity contribution is 9.10. The van der Waals surface area contributed by atoms with Gasteiger partial charge in [0.1, 0.15) is 11.5 Å². The molecule has 0 fully saturated rings. The molecule has 2 aromatic rings. The lowest BCUT2D eigenvalue weighted by molar-refractivity contribution is 0.101. The number of hydrogen-bond donors (Lipinski definition) is 0. The predicted molar refractivity (Wildman–Crippen MR) is 93.9 cm³/mol. The van der Waals surface area contributed by atoms with Crippen LogP contribution in [0.2, 0.25) is 0 Å². The van der Waals surface area contributed by atoms with Crippen LogP contribution in [0.25, 0.3) is 6.08 Å². The summed E-state index contributed by atoms with van der Waals surface area (Å²) in [4.78, 5) is 12.4. The van der Waals surface area contributed by atoms with E-state index in [1.165, 1.54) is 0 Å². The van der Waals surface area contributed by atoms with Crippen LogP contribution in [0.3, 0.4) is 0 Å². The Morgan fingerprint density at radius 3 is 2.70 bits per heavy atom. The van der Waals surface area contributed by atoms with E-state index >= 15 is 0 Å². The van der Waals surface area contributed by atoms with Crippen molar-refractivity contribution >= 4 is 27.8 Å². The fourth-order valence-electron chi connectivity index (χ4n) is 2.31. The largest absolute Gasteiger partial charge is 0.494 e. The molecular formula is C19H17BrO3. The van der Waals surface area contributed by atoms with Crippen LogP contribution < -0.4 is 9.47 Å². The molecule has 0 spiro atoms. The Balaban J connectivity index is 1.74. The summed E-state index contributed by atoms with van der Waals surface area (Å²) in [6, 6.07) is 13.1. The van der Waals surface area contributed by atoms with E-state index in [1.807, 2.05) is 30.3 Å². The van der Waals surface area contributed by atoms with E-state index in [2.05, 4.69) is 22.9 Å². The van der Waals surface area contributed by atoms with Crippen molar-refractivity contribution in [3.05, 3.63) is 63.8 Å². The molecule has 4 heteroatoms. The van der Waals surface area contributed by atoms with Crippen molar-refractivity contribution in [1.82, 2.24) is 0 Å². The second-order valence-electron chi connectivity index (χ2n) is 5.35. The zero-order valence-corrected chi connectivity index (χ0v) is 14.4. The third kappa shape index (κ3) is 3.64. The number of fused-ring (bicyclic) bond motifs is 1. The van der Waals surface area contributed by atoms with Gasteiger partial charge in [-0.1, -0.05) is 41.4 Å². The fraction of sp³-hybridized carbons (Fsp3) is 0.211. The lowest BCUT2D eigenvalue weighted by Crippen LogP contribution is -1.98. The highest BCUT2D eigenvalue weighted by Crippen LogP contribution is 2.33. The van der Waals surface area contributed by atoms with Crippen LogP contribution in [0.15, 0.2) is 52.7 Å². The van der Waals surface area contributed by atoms with Crippen molar-refractivity contribution in [3.8, 4) is 11.5 Å². The Labute approximate surface area is 144 Å². The minimum absolute atomic E-state index is 0.0930. The Bertz CT molecular complexity index is 748. The smallest absolute Gasteiger partial charge is 0.232 e. The second kappa shape index (κ2) is 7.01. The average Bonchev–Trinajstić information content (AvgIpc) is 2.85. The maximum absolute atomic E-state index is 12.4. The third-order valence-electron chi connectivity index (χ3n) is 3.57. The number of halogens is 1. The Hall–Kier alpha value is -2.07. The summed E-state index contributed by atoms with van der Waals surface area (Å²) in [7, 11) is 0. The van der Waals surface area contributed by atoms with Gasteiger partial charge in [0.25, 0.3) is 0 Å². The van der Waals surface area contributed by atoms with Crippen molar-refractivity contribution in [1.29, 1.82) is 0 Å². The molecule has 0 saturated heterocycles. The van der Waals surface area contributed by atoms with E-state index in [9.17, 15) is 4.79 Å². The number of benzene rings is 2. The number of Topliss-reactive ketones (excluding diaryl/α,β-unsaturated/α-hetero) is 1. The van der Waals surface area contributed by atoms with Crippen LogP contribution in [0.5, 0.6) is 11.5 Å². The molecule has 2 aromatic carbocycles. The molecule has 0 unspecified atom stereocenters. The lowest BCUT2D eigenvalue weighted by Gasteiger charge is -2.05. The van der Waals surface area contributed by atoms with E-state index in [4.69, 9.17) is 9.47 Å². The van der Waals surface area contributed by atoms with E-state index in [0.29, 0.717) is 17.1 Å². The van der Waals surface area contributed by atoms with Crippen LogP contribution in [0.4, 0.5) is 0 Å². The molecule has 0 aromatic heterocycles. The molecular weight excluding hydrogens is 356 g/mol. The molecule has 3 nitrogen and oxygen atoms in total. The first-order valence-corrected chi connectivity index (χ1v) is 8.43. The van der Waals surface area contributed by atoms with Gasteiger partial charge in [0, 0.05) is 4.47 Å². The monoisotopic (exact) mass is 372 g/mol. The highest BCUT2D eigenvalue weighted by Gasteiger charge is 2.27. The predicted octanol–water partition coefficient (Wildman–Crippen LogP) is 5.24. The number of unbranched alkanes of at least 4 members (excludes halogenated alkanes) is 1. The molecule has 0 bridgehead atoms. The zero-order valence-electron chi connectivity index (χ0n) is 12.8. The SMILES string of the molecule is CCCCOc1ccc(/C=C2\Oc3ccc(Br)cc3C2=O)cc1. The average molecular weight is 373 g/mol. The normalized spacial score (nSPS) is 14.7. The van der Waals surface area contributed by atoms with Gasteiger partial charge >= 0.3 is 0 Å². The molecule has 1 aliphatic heterocycles. The number of carbonyl (C=O) groups is 1. The number of carbonyl (C=O) groups excluding carboxylic acids is 1. The molecule has 1 aliphatic rings.